The maximum Gasteiger partial charge on any atom is 0.342 e. The first kappa shape index (κ1) is 13.5. The summed E-state index contributed by atoms with van der Waals surface area (Å²) in [6, 6.07) is 3.45. The lowest BCUT2D eigenvalue weighted by Gasteiger charge is -2.08. The van der Waals surface area contributed by atoms with E-state index in [0.29, 0.717) is 3.57 Å². The highest BCUT2D eigenvalue weighted by Crippen LogP contribution is 2.28. The number of ether oxygens (including phenoxy) is 2. The fourth-order valence-electron chi connectivity index (χ4n) is 1.07. The van der Waals surface area contributed by atoms with E-state index >= 15 is 0 Å². The molecule has 84 valence electrons. The lowest BCUT2D eigenvalue weighted by Crippen LogP contribution is -2.08. The Balaban J connectivity index is 3.24. The van der Waals surface area contributed by atoms with E-state index in [1.54, 1.807) is 19.2 Å². The molecule has 0 heterocycles. The SMILES string of the molecule is CCOC(=O)c1cc(I)cc(I)c1OC#N. The molecule has 0 saturated carbocycles. The molecule has 0 atom stereocenters. The Morgan fingerprint density at radius 2 is 2.19 bits per heavy atom. The third-order valence-corrected chi connectivity index (χ3v) is 3.08. The van der Waals surface area contributed by atoms with Crippen molar-refractivity contribution in [2.45, 2.75) is 6.92 Å². The van der Waals surface area contributed by atoms with Gasteiger partial charge in [-0.05, 0) is 64.2 Å². The van der Waals surface area contributed by atoms with Gasteiger partial charge in [-0.15, -0.1) is 5.26 Å². The van der Waals surface area contributed by atoms with Gasteiger partial charge in [0.2, 0.25) is 0 Å². The van der Waals surface area contributed by atoms with Crippen LogP contribution in [-0.2, 0) is 4.74 Å². The number of halogens is 2. The smallest absolute Gasteiger partial charge is 0.342 e. The summed E-state index contributed by atoms with van der Waals surface area (Å²) in [6.07, 6.45) is 1.57. The van der Waals surface area contributed by atoms with E-state index in [2.05, 4.69) is 22.6 Å². The molecule has 1 aromatic carbocycles. The second kappa shape index (κ2) is 6.24. The first-order valence-electron chi connectivity index (χ1n) is 4.32. The van der Waals surface area contributed by atoms with Crippen LogP contribution in [0.1, 0.15) is 17.3 Å². The third kappa shape index (κ3) is 3.21. The molecule has 0 aliphatic rings. The fourth-order valence-corrected chi connectivity index (χ4v) is 3.03. The quantitative estimate of drug-likeness (QED) is 0.410. The van der Waals surface area contributed by atoms with Crippen LogP contribution in [0.5, 0.6) is 5.75 Å². The zero-order chi connectivity index (χ0) is 12.1. The third-order valence-electron chi connectivity index (χ3n) is 1.65. The molecule has 0 aromatic heterocycles. The van der Waals surface area contributed by atoms with Crippen LogP contribution < -0.4 is 4.74 Å². The molecule has 0 aliphatic carbocycles. The standard InChI is InChI=1S/C10H7I2NO3/c1-2-15-10(14)7-3-6(11)4-8(12)9(7)16-5-13/h3-4H,2H2,1H3. The predicted octanol–water partition coefficient (Wildman–Crippen LogP) is 2.93. The summed E-state index contributed by atoms with van der Waals surface area (Å²) in [6.45, 7) is 2.01. The average molecular weight is 443 g/mol. The molecule has 1 aromatic rings. The van der Waals surface area contributed by atoms with Crippen molar-refractivity contribution in [3.8, 4) is 12.0 Å². The van der Waals surface area contributed by atoms with E-state index in [9.17, 15) is 4.79 Å². The van der Waals surface area contributed by atoms with Crippen molar-refractivity contribution in [3.05, 3.63) is 24.8 Å². The number of benzene rings is 1. The fraction of sp³-hybridized carbons (Fsp3) is 0.200. The molecule has 0 amide bonds. The Morgan fingerprint density at radius 1 is 1.50 bits per heavy atom. The minimum atomic E-state index is -0.482. The second-order valence-electron chi connectivity index (χ2n) is 2.68. The highest BCUT2D eigenvalue weighted by Gasteiger charge is 2.18. The highest BCUT2D eigenvalue weighted by atomic mass is 127. The van der Waals surface area contributed by atoms with Crippen molar-refractivity contribution in [2.75, 3.05) is 6.61 Å². The molecular weight excluding hydrogens is 436 g/mol. The Bertz CT molecular complexity index is 454. The molecule has 4 nitrogen and oxygen atoms in total. The number of esters is 1. The van der Waals surface area contributed by atoms with E-state index in [0.717, 1.165) is 3.57 Å². The highest BCUT2D eigenvalue weighted by molar-refractivity contribution is 14.1. The summed E-state index contributed by atoms with van der Waals surface area (Å²) in [5, 5.41) is 8.52. The van der Waals surface area contributed by atoms with Gasteiger partial charge in [-0.2, -0.15) is 0 Å². The molecule has 16 heavy (non-hydrogen) atoms. The van der Waals surface area contributed by atoms with Crippen molar-refractivity contribution in [1.82, 2.24) is 0 Å². The van der Waals surface area contributed by atoms with Gasteiger partial charge in [0.1, 0.15) is 5.56 Å². The molecule has 6 heteroatoms. The number of hydrogen-bond donors (Lipinski definition) is 0. The zero-order valence-electron chi connectivity index (χ0n) is 8.29. The van der Waals surface area contributed by atoms with Crippen LogP contribution in [0.2, 0.25) is 0 Å². The van der Waals surface area contributed by atoms with Gasteiger partial charge in [0.15, 0.2) is 5.75 Å². The van der Waals surface area contributed by atoms with Crippen LogP contribution in [0.25, 0.3) is 0 Å². The predicted molar refractivity (Wildman–Crippen MR) is 74.1 cm³/mol. The maximum absolute atomic E-state index is 11.6. The van der Waals surface area contributed by atoms with Crippen LogP contribution in [0.4, 0.5) is 0 Å². The van der Waals surface area contributed by atoms with Gasteiger partial charge < -0.3 is 9.47 Å². The molecule has 0 aliphatic heterocycles. The number of carbonyl (C=O) groups is 1. The molecule has 0 spiro atoms. The van der Waals surface area contributed by atoms with Crippen molar-refractivity contribution in [1.29, 1.82) is 5.26 Å². The average Bonchev–Trinajstić information content (AvgIpc) is 2.22. The molecule has 0 saturated heterocycles. The number of nitriles is 1. The number of rotatable bonds is 3. The molecule has 0 N–H and O–H groups in total. The topological polar surface area (TPSA) is 59.3 Å². The number of nitrogens with zero attached hydrogens (tertiary/aromatic N) is 1. The monoisotopic (exact) mass is 443 g/mol. The summed E-state index contributed by atoms with van der Waals surface area (Å²) >= 11 is 4.09. The van der Waals surface area contributed by atoms with E-state index in [-0.39, 0.29) is 17.9 Å². The van der Waals surface area contributed by atoms with Gasteiger partial charge in [-0.1, -0.05) is 0 Å². The molecular formula is C10H7I2NO3. The molecule has 1 rings (SSSR count). The number of hydrogen-bond acceptors (Lipinski definition) is 4. The Labute approximate surface area is 120 Å². The van der Waals surface area contributed by atoms with Crippen molar-refractivity contribution < 1.29 is 14.3 Å². The largest absolute Gasteiger partial charge is 0.462 e. The zero-order valence-corrected chi connectivity index (χ0v) is 12.6. The Kier molecular flexibility index (Phi) is 5.27. The molecule has 0 radical (unpaired) electrons. The molecule has 0 fully saturated rings. The lowest BCUT2D eigenvalue weighted by atomic mass is 10.2. The second-order valence-corrected chi connectivity index (χ2v) is 5.09. The van der Waals surface area contributed by atoms with Gasteiger partial charge in [-0.3, -0.25) is 0 Å². The first-order valence-corrected chi connectivity index (χ1v) is 6.48. The summed E-state index contributed by atoms with van der Waals surface area (Å²) in [5.41, 5.74) is 0.278. The van der Waals surface area contributed by atoms with E-state index < -0.39 is 5.97 Å². The van der Waals surface area contributed by atoms with E-state index in [1.165, 1.54) is 0 Å². The Morgan fingerprint density at radius 3 is 2.75 bits per heavy atom. The lowest BCUT2D eigenvalue weighted by molar-refractivity contribution is 0.0523. The van der Waals surface area contributed by atoms with Gasteiger partial charge in [0.25, 0.3) is 6.26 Å². The van der Waals surface area contributed by atoms with E-state index in [1.807, 2.05) is 28.7 Å². The minimum absolute atomic E-state index is 0.252. The molecule has 0 bridgehead atoms. The first-order chi connectivity index (χ1) is 7.60. The summed E-state index contributed by atoms with van der Waals surface area (Å²) < 4.78 is 11.3. The van der Waals surface area contributed by atoms with Crippen LogP contribution in [-0.4, -0.2) is 12.6 Å². The van der Waals surface area contributed by atoms with Gasteiger partial charge in [-0.25, -0.2) is 4.79 Å². The van der Waals surface area contributed by atoms with Crippen molar-refractivity contribution in [2.24, 2.45) is 0 Å². The Hall–Kier alpha value is -0.560. The molecule has 0 unspecified atom stereocenters. The normalized spacial score (nSPS) is 9.38. The van der Waals surface area contributed by atoms with E-state index in [4.69, 9.17) is 14.7 Å². The maximum atomic E-state index is 11.6. The van der Waals surface area contributed by atoms with Gasteiger partial charge in [0.05, 0.1) is 10.2 Å². The van der Waals surface area contributed by atoms with Crippen molar-refractivity contribution in [3.63, 3.8) is 0 Å². The van der Waals surface area contributed by atoms with Crippen LogP contribution >= 0.6 is 45.2 Å². The van der Waals surface area contributed by atoms with Crippen LogP contribution in [0, 0.1) is 18.7 Å². The van der Waals surface area contributed by atoms with Crippen molar-refractivity contribution >= 4 is 51.2 Å². The minimum Gasteiger partial charge on any atom is -0.462 e. The van der Waals surface area contributed by atoms with Crippen LogP contribution in [0.15, 0.2) is 12.1 Å². The van der Waals surface area contributed by atoms with Gasteiger partial charge >= 0.3 is 5.97 Å². The summed E-state index contributed by atoms with van der Waals surface area (Å²) in [5.74, 6) is -0.230. The summed E-state index contributed by atoms with van der Waals surface area (Å²) in [4.78, 5) is 11.6. The summed E-state index contributed by atoms with van der Waals surface area (Å²) in [7, 11) is 0. The van der Waals surface area contributed by atoms with Gasteiger partial charge in [0, 0.05) is 3.57 Å². The number of carbonyl (C=O) groups excluding carboxylic acids is 1. The van der Waals surface area contributed by atoms with Crippen LogP contribution in [0.3, 0.4) is 0 Å².